The van der Waals surface area contributed by atoms with E-state index in [0.717, 1.165) is 12.1 Å². The second-order valence-electron chi connectivity index (χ2n) is 3.38. The summed E-state index contributed by atoms with van der Waals surface area (Å²) >= 11 is 1.29. The molecular weight excluding hydrogens is 251 g/mol. The molecule has 2 aromatic rings. The van der Waals surface area contributed by atoms with E-state index in [1.165, 1.54) is 23.5 Å². The number of hydrogen-bond acceptors (Lipinski definition) is 3. The molecule has 0 aliphatic carbocycles. The summed E-state index contributed by atoms with van der Waals surface area (Å²) < 4.78 is 37.0. The number of aliphatic hydroxyl groups is 1. The van der Waals surface area contributed by atoms with Crippen molar-refractivity contribution in [2.45, 2.75) is 12.8 Å². The van der Waals surface area contributed by atoms with Gasteiger partial charge in [-0.2, -0.15) is 13.2 Å². The van der Waals surface area contributed by atoms with Gasteiger partial charge < -0.3 is 5.11 Å². The van der Waals surface area contributed by atoms with Crippen LogP contribution in [0.3, 0.4) is 0 Å². The van der Waals surface area contributed by atoms with Crippen molar-refractivity contribution in [3.63, 3.8) is 0 Å². The largest absolute Gasteiger partial charge is 0.416 e. The minimum absolute atomic E-state index is 0.170. The summed E-state index contributed by atoms with van der Waals surface area (Å²) in [7, 11) is 0. The Balaban J connectivity index is 2.29. The number of aromatic nitrogens is 1. The van der Waals surface area contributed by atoms with Gasteiger partial charge in [-0.25, -0.2) is 4.98 Å². The van der Waals surface area contributed by atoms with E-state index in [1.54, 1.807) is 5.38 Å². The van der Waals surface area contributed by atoms with Crippen LogP contribution in [0.2, 0.25) is 0 Å². The Bertz CT molecular complexity index is 504. The number of aliphatic hydroxyl groups excluding tert-OH is 1. The standard InChI is InChI=1S/C11H8F3NOS/c12-11(13,14)8-3-1-7(2-4-8)10-15-9(5-16)6-17-10/h1-4,6,16H,5H2. The SMILES string of the molecule is OCc1csc(-c2ccc(C(F)(F)F)cc2)n1. The van der Waals surface area contributed by atoms with E-state index in [0.29, 0.717) is 16.3 Å². The topological polar surface area (TPSA) is 33.1 Å². The molecule has 0 saturated carbocycles. The van der Waals surface area contributed by atoms with Gasteiger partial charge >= 0.3 is 6.18 Å². The third kappa shape index (κ3) is 2.65. The van der Waals surface area contributed by atoms with Crippen LogP contribution >= 0.6 is 11.3 Å². The molecule has 1 aromatic carbocycles. The number of rotatable bonds is 2. The predicted molar refractivity (Wildman–Crippen MR) is 58.5 cm³/mol. The van der Waals surface area contributed by atoms with Crippen LogP contribution in [0, 0.1) is 0 Å². The molecule has 0 fully saturated rings. The molecule has 0 amide bonds. The predicted octanol–water partition coefficient (Wildman–Crippen LogP) is 3.32. The number of nitrogens with zero attached hydrogens (tertiary/aromatic N) is 1. The van der Waals surface area contributed by atoms with E-state index < -0.39 is 11.7 Å². The van der Waals surface area contributed by atoms with Gasteiger partial charge in [0.1, 0.15) is 5.01 Å². The number of halogens is 3. The molecule has 6 heteroatoms. The van der Waals surface area contributed by atoms with Gasteiger partial charge in [0.25, 0.3) is 0 Å². The Labute approximate surface area is 99.4 Å². The number of thiazole rings is 1. The highest BCUT2D eigenvalue weighted by molar-refractivity contribution is 7.13. The second-order valence-corrected chi connectivity index (χ2v) is 4.24. The van der Waals surface area contributed by atoms with Crippen LogP contribution in [-0.4, -0.2) is 10.1 Å². The van der Waals surface area contributed by atoms with Gasteiger partial charge in [0.2, 0.25) is 0 Å². The molecule has 0 atom stereocenters. The fourth-order valence-electron chi connectivity index (χ4n) is 1.31. The van der Waals surface area contributed by atoms with Crippen molar-refractivity contribution in [2.24, 2.45) is 0 Å². The number of benzene rings is 1. The summed E-state index contributed by atoms with van der Waals surface area (Å²) in [5, 5.41) is 11.1. The summed E-state index contributed by atoms with van der Waals surface area (Å²) in [6, 6.07) is 4.80. The third-order valence-corrected chi connectivity index (χ3v) is 3.11. The molecule has 1 heterocycles. The van der Waals surface area contributed by atoms with E-state index >= 15 is 0 Å². The average Bonchev–Trinajstić information content (AvgIpc) is 2.76. The molecule has 2 nitrogen and oxygen atoms in total. The van der Waals surface area contributed by atoms with Gasteiger partial charge in [0.05, 0.1) is 17.9 Å². The molecule has 1 aromatic heterocycles. The lowest BCUT2D eigenvalue weighted by Gasteiger charge is -2.06. The first-order valence-corrected chi connectivity index (χ1v) is 5.61. The summed E-state index contributed by atoms with van der Waals surface area (Å²) in [6.07, 6.45) is -4.32. The van der Waals surface area contributed by atoms with E-state index in [9.17, 15) is 13.2 Å². The van der Waals surface area contributed by atoms with E-state index in [-0.39, 0.29) is 6.61 Å². The fourth-order valence-corrected chi connectivity index (χ4v) is 2.13. The highest BCUT2D eigenvalue weighted by atomic mass is 32.1. The zero-order valence-electron chi connectivity index (χ0n) is 8.53. The van der Waals surface area contributed by atoms with Crippen molar-refractivity contribution >= 4 is 11.3 Å². The molecule has 1 N–H and O–H groups in total. The lowest BCUT2D eigenvalue weighted by Crippen LogP contribution is -2.03. The van der Waals surface area contributed by atoms with Gasteiger partial charge in [0, 0.05) is 10.9 Å². The molecule has 0 unspecified atom stereocenters. The van der Waals surface area contributed by atoms with Gasteiger partial charge in [0.15, 0.2) is 0 Å². The van der Waals surface area contributed by atoms with Crippen molar-refractivity contribution in [3.05, 3.63) is 40.9 Å². The van der Waals surface area contributed by atoms with Crippen molar-refractivity contribution < 1.29 is 18.3 Å². The van der Waals surface area contributed by atoms with Crippen LogP contribution in [0.25, 0.3) is 10.6 Å². The van der Waals surface area contributed by atoms with Crippen LogP contribution in [0.15, 0.2) is 29.6 Å². The highest BCUT2D eigenvalue weighted by Crippen LogP contribution is 2.31. The lowest BCUT2D eigenvalue weighted by atomic mass is 10.1. The molecule has 0 aliphatic heterocycles. The van der Waals surface area contributed by atoms with Crippen LogP contribution < -0.4 is 0 Å². The molecule has 90 valence electrons. The quantitative estimate of drug-likeness (QED) is 0.897. The normalized spacial score (nSPS) is 11.8. The summed E-state index contributed by atoms with van der Waals surface area (Å²) in [5.41, 5.74) is 0.452. The smallest absolute Gasteiger partial charge is 0.390 e. The first-order chi connectivity index (χ1) is 8.00. The molecule has 2 rings (SSSR count). The van der Waals surface area contributed by atoms with Crippen molar-refractivity contribution in [1.29, 1.82) is 0 Å². The minimum Gasteiger partial charge on any atom is -0.390 e. The molecule has 0 aliphatic rings. The van der Waals surface area contributed by atoms with Crippen LogP contribution in [0.1, 0.15) is 11.3 Å². The molecule has 0 spiro atoms. The Hall–Kier alpha value is -1.40. The fraction of sp³-hybridized carbons (Fsp3) is 0.182. The van der Waals surface area contributed by atoms with Gasteiger partial charge in [-0.15, -0.1) is 11.3 Å². The maximum Gasteiger partial charge on any atom is 0.416 e. The Morgan fingerprint density at radius 1 is 1.18 bits per heavy atom. The zero-order chi connectivity index (χ0) is 12.5. The van der Waals surface area contributed by atoms with Crippen LogP contribution in [-0.2, 0) is 12.8 Å². The van der Waals surface area contributed by atoms with E-state index in [4.69, 9.17) is 5.11 Å². The Morgan fingerprint density at radius 3 is 2.29 bits per heavy atom. The van der Waals surface area contributed by atoms with Crippen molar-refractivity contribution in [1.82, 2.24) is 4.98 Å². The molecule has 0 saturated heterocycles. The Morgan fingerprint density at radius 2 is 1.82 bits per heavy atom. The van der Waals surface area contributed by atoms with E-state index in [2.05, 4.69) is 4.98 Å². The maximum absolute atomic E-state index is 12.3. The van der Waals surface area contributed by atoms with Gasteiger partial charge in [-0.05, 0) is 12.1 Å². The maximum atomic E-state index is 12.3. The summed E-state index contributed by atoms with van der Waals surface area (Å²) in [6.45, 7) is -0.170. The molecular formula is C11H8F3NOS. The van der Waals surface area contributed by atoms with Gasteiger partial charge in [-0.1, -0.05) is 12.1 Å². The summed E-state index contributed by atoms with van der Waals surface area (Å²) in [5.74, 6) is 0. The molecule has 0 radical (unpaired) electrons. The van der Waals surface area contributed by atoms with Crippen molar-refractivity contribution in [2.75, 3.05) is 0 Å². The van der Waals surface area contributed by atoms with Gasteiger partial charge in [-0.3, -0.25) is 0 Å². The first-order valence-electron chi connectivity index (χ1n) is 4.73. The average molecular weight is 259 g/mol. The van der Waals surface area contributed by atoms with E-state index in [1.807, 2.05) is 0 Å². The molecule has 17 heavy (non-hydrogen) atoms. The minimum atomic E-state index is -4.32. The molecule has 0 bridgehead atoms. The number of hydrogen-bond donors (Lipinski definition) is 1. The van der Waals surface area contributed by atoms with Crippen LogP contribution in [0.4, 0.5) is 13.2 Å². The highest BCUT2D eigenvalue weighted by Gasteiger charge is 2.30. The first kappa shape index (κ1) is 12.1. The summed E-state index contributed by atoms with van der Waals surface area (Å²) in [4.78, 5) is 4.08. The lowest BCUT2D eigenvalue weighted by molar-refractivity contribution is -0.137. The zero-order valence-corrected chi connectivity index (χ0v) is 9.35. The Kier molecular flexibility index (Phi) is 3.17. The van der Waals surface area contributed by atoms with Crippen molar-refractivity contribution in [3.8, 4) is 10.6 Å². The monoisotopic (exact) mass is 259 g/mol. The third-order valence-electron chi connectivity index (χ3n) is 2.17. The van der Waals surface area contributed by atoms with Crippen LogP contribution in [0.5, 0.6) is 0 Å². The number of alkyl halides is 3. The second kappa shape index (κ2) is 4.46.